The summed E-state index contributed by atoms with van der Waals surface area (Å²) in [5.41, 5.74) is 2.51. The van der Waals surface area contributed by atoms with Gasteiger partial charge in [-0.15, -0.1) is 0 Å². The topological polar surface area (TPSA) is 41.6 Å². The molecule has 1 fully saturated rings. The second-order valence-electron chi connectivity index (χ2n) is 6.89. The van der Waals surface area contributed by atoms with E-state index in [0.29, 0.717) is 6.04 Å². The lowest BCUT2D eigenvalue weighted by Crippen LogP contribution is -2.51. The molecule has 0 aromatic carbocycles. The molecule has 1 rings (SSSR count). The van der Waals surface area contributed by atoms with Crippen molar-refractivity contribution in [2.24, 2.45) is 5.92 Å². The first-order chi connectivity index (χ1) is 9.35. The van der Waals surface area contributed by atoms with Crippen LogP contribution in [0.1, 0.15) is 73.1 Å². The minimum Gasteiger partial charge on any atom is -0.443 e. The zero-order valence-corrected chi connectivity index (χ0v) is 13.9. The molecule has 0 aromatic heterocycles. The van der Waals surface area contributed by atoms with Crippen molar-refractivity contribution >= 4 is 6.09 Å². The number of nitrogens with zero attached hydrogens (tertiary/aromatic N) is 1. The summed E-state index contributed by atoms with van der Waals surface area (Å²) >= 11 is 0. The average Bonchev–Trinajstić information content (AvgIpc) is 2.36. The first kappa shape index (κ1) is 17.3. The number of ether oxygens (including phenoxy) is 1. The largest absolute Gasteiger partial charge is 0.443 e. The van der Waals surface area contributed by atoms with Crippen molar-refractivity contribution in [3.8, 4) is 0 Å². The van der Waals surface area contributed by atoms with Crippen LogP contribution in [-0.4, -0.2) is 29.3 Å². The van der Waals surface area contributed by atoms with Gasteiger partial charge in [0.1, 0.15) is 5.60 Å². The first-order valence-electron chi connectivity index (χ1n) is 8.12. The van der Waals surface area contributed by atoms with Crippen molar-refractivity contribution in [3.05, 3.63) is 0 Å². The fraction of sp³-hybridized carbons (Fsp3) is 0.938. The molecule has 4 heteroatoms. The monoisotopic (exact) mass is 284 g/mol. The molecule has 118 valence electrons. The molecule has 1 amide bonds. The minimum atomic E-state index is -0.443. The number of amides is 1. The number of hydrogen-bond acceptors (Lipinski definition) is 3. The number of hydrazine groups is 1. The molecule has 0 bridgehead atoms. The standard InChI is InChI=1S/C16H32N2O2/c1-6-12-18(17-15(19)20-16(3,4)5)14-10-8-13(7-2)9-11-14/h13-14H,6-12H2,1-5H3,(H,17,19). The smallest absolute Gasteiger partial charge is 0.422 e. The molecule has 1 aliphatic rings. The number of rotatable bonds is 5. The van der Waals surface area contributed by atoms with E-state index < -0.39 is 5.60 Å². The average molecular weight is 284 g/mol. The normalized spacial score (nSPS) is 23.7. The van der Waals surface area contributed by atoms with Gasteiger partial charge in [0.25, 0.3) is 0 Å². The van der Waals surface area contributed by atoms with Crippen molar-refractivity contribution in [1.29, 1.82) is 0 Å². The van der Waals surface area contributed by atoms with Crippen LogP contribution in [0.15, 0.2) is 0 Å². The molecule has 0 unspecified atom stereocenters. The predicted octanol–water partition coefficient (Wildman–Crippen LogP) is 4.11. The molecule has 0 radical (unpaired) electrons. The van der Waals surface area contributed by atoms with E-state index in [2.05, 4.69) is 24.3 Å². The van der Waals surface area contributed by atoms with Crippen LogP contribution < -0.4 is 5.43 Å². The molecule has 1 saturated carbocycles. The molecule has 1 aliphatic carbocycles. The van der Waals surface area contributed by atoms with Gasteiger partial charge in [0.15, 0.2) is 0 Å². The van der Waals surface area contributed by atoms with Gasteiger partial charge in [0.2, 0.25) is 0 Å². The second kappa shape index (κ2) is 7.87. The van der Waals surface area contributed by atoms with Gasteiger partial charge in [0.05, 0.1) is 0 Å². The second-order valence-corrected chi connectivity index (χ2v) is 6.89. The quantitative estimate of drug-likeness (QED) is 0.773. The SMILES string of the molecule is CCCN(NC(=O)OC(C)(C)C)C1CCC(CC)CC1. The van der Waals surface area contributed by atoms with E-state index in [9.17, 15) is 4.79 Å². The Hall–Kier alpha value is -0.770. The van der Waals surface area contributed by atoms with Gasteiger partial charge in [-0.3, -0.25) is 5.43 Å². The lowest BCUT2D eigenvalue weighted by atomic mass is 9.84. The Morgan fingerprint density at radius 1 is 1.20 bits per heavy atom. The highest BCUT2D eigenvalue weighted by Gasteiger charge is 2.27. The van der Waals surface area contributed by atoms with Gasteiger partial charge < -0.3 is 4.74 Å². The number of nitrogens with one attached hydrogen (secondary N) is 1. The van der Waals surface area contributed by atoms with Crippen molar-refractivity contribution in [2.45, 2.75) is 84.8 Å². The summed E-state index contributed by atoms with van der Waals surface area (Å²) in [5, 5.41) is 2.10. The van der Waals surface area contributed by atoms with E-state index in [0.717, 1.165) is 18.9 Å². The molecule has 0 atom stereocenters. The molecule has 0 aliphatic heterocycles. The summed E-state index contributed by atoms with van der Waals surface area (Å²) < 4.78 is 5.36. The summed E-state index contributed by atoms with van der Waals surface area (Å²) in [4.78, 5) is 11.9. The Balaban J connectivity index is 2.50. The Morgan fingerprint density at radius 3 is 2.25 bits per heavy atom. The highest BCUT2D eigenvalue weighted by Crippen LogP contribution is 2.29. The summed E-state index contributed by atoms with van der Waals surface area (Å²) in [6.45, 7) is 11.0. The molecule has 0 aromatic rings. The van der Waals surface area contributed by atoms with Crippen molar-refractivity contribution < 1.29 is 9.53 Å². The number of carbonyl (C=O) groups is 1. The Morgan fingerprint density at radius 2 is 1.80 bits per heavy atom. The minimum absolute atomic E-state index is 0.330. The van der Waals surface area contributed by atoms with Gasteiger partial charge in [-0.2, -0.15) is 0 Å². The molecule has 0 saturated heterocycles. The Bertz CT molecular complexity index is 291. The lowest BCUT2D eigenvalue weighted by Gasteiger charge is -2.36. The van der Waals surface area contributed by atoms with Gasteiger partial charge in [0, 0.05) is 12.6 Å². The zero-order chi connectivity index (χ0) is 15.2. The van der Waals surface area contributed by atoms with Crippen LogP contribution in [-0.2, 0) is 4.74 Å². The number of hydrogen-bond donors (Lipinski definition) is 1. The van der Waals surface area contributed by atoms with Crippen LogP contribution in [0.2, 0.25) is 0 Å². The van der Waals surface area contributed by atoms with Crippen molar-refractivity contribution in [1.82, 2.24) is 10.4 Å². The van der Waals surface area contributed by atoms with Crippen LogP contribution in [0.4, 0.5) is 4.79 Å². The zero-order valence-electron chi connectivity index (χ0n) is 13.9. The molecule has 0 heterocycles. The van der Waals surface area contributed by atoms with E-state index >= 15 is 0 Å². The Kier molecular flexibility index (Phi) is 6.80. The van der Waals surface area contributed by atoms with Crippen LogP contribution >= 0.6 is 0 Å². The fourth-order valence-electron chi connectivity index (χ4n) is 2.85. The predicted molar refractivity (Wildman–Crippen MR) is 82.4 cm³/mol. The van der Waals surface area contributed by atoms with E-state index in [4.69, 9.17) is 4.74 Å². The molecule has 4 nitrogen and oxygen atoms in total. The summed E-state index contributed by atoms with van der Waals surface area (Å²) in [6.07, 6.45) is 6.88. The van der Waals surface area contributed by atoms with E-state index in [1.54, 1.807) is 0 Å². The van der Waals surface area contributed by atoms with E-state index in [1.165, 1.54) is 32.1 Å². The van der Waals surface area contributed by atoms with Crippen LogP contribution in [0, 0.1) is 5.92 Å². The first-order valence-corrected chi connectivity index (χ1v) is 8.12. The maximum absolute atomic E-state index is 11.9. The Labute approximate surface area is 124 Å². The molecule has 20 heavy (non-hydrogen) atoms. The van der Waals surface area contributed by atoms with Gasteiger partial charge in [-0.05, 0) is 58.8 Å². The third-order valence-electron chi connectivity index (χ3n) is 3.93. The third-order valence-corrected chi connectivity index (χ3v) is 3.93. The van der Waals surface area contributed by atoms with Crippen LogP contribution in [0.3, 0.4) is 0 Å². The van der Waals surface area contributed by atoms with Crippen molar-refractivity contribution in [2.75, 3.05) is 6.54 Å². The summed E-state index contributed by atoms with van der Waals surface area (Å²) in [5.74, 6) is 0.872. The maximum Gasteiger partial charge on any atom is 0.422 e. The van der Waals surface area contributed by atoms with E-state index in [1.807, 2.05) is 20.8 Å². The molecular weight excluding hydrogens is 252 g/mol. The molecular formula is C16H32N2O2. The van der Waals surface area contributed by atoms with Gasteiger partial charge in [-0.25, -0.2) is 9.80 Å². The van der Waals surface area contributed by atoms with Gasteiger partial charge >= 0.3 is 6.09 Å². The molecule has 1 N–H and O–H groups in total. The third kappa shape index (κ3) is 6.12. The highest BCUT2D eigenvalue weighted by atomic mass is 16.6. The van der Waals surface area contributed by atoms with E-state index in [-0.39, 0.29) is 6.09 Å². The fourth-order valence-corrected chi connectivity index (χ4v) is 2.85. The van der Waals surface area contributed by atoms with Crippen LogP contribution in [0.5, 0.6) is 0 Å². The summed E-state index contributed by atoms with van der Waals surface area (Å²) in [7, 11) is 0. The highest BCUT2D eigenvalue weighted by molar-refractivity contribution is 5.67. The summed E-state index contributed by atoms with van der Waals surface area (Å²) in [6, 6.07) is 0.463. The maximum atomic E-state index is 11.9. The van der Waals surface area contributed by atoms with Crippen molar-refractivity contribution in [3.63, 3.8) is 0 Å². The lowest BCUT2D eigenvalue weighted by molar-refractivity contribution is 0.0172. The molecule has 0 spiro atoms. The van der Waals surface area contributed by atoms with Crippen LogP contribution in [0.25, 0.3) is 0 Å². The number of carbonyl (C=O) groups excluding carboxylic acids is 1. The van der Waals surface area contributed by atoms with Gasteiger partial charge in [-0.1, -0.05) is 20.3 Å².